The van der Waals surface area contributed by atoms with Crippen molar-refractivity contribution in [1.29, 1.82) is 0 Å². The lowest BCUT2D eigenvalue weighted by Crippen LogP contribution is -2.38. The van der Waals surface area contributed by atoms with Crippen LogP contribution in [-0.2, 0) is 10.0 Å². The number of rotatable bonds is 5. The summed E-state index contributed by atoms with van der Waals surface area (Å²) in [6.45, 7) is 0.507. The zero-order valence-corrected chi connectivity index (χ0v) is 13.5. The van der Waals surface area contributed by atoms with Gasteiger partial charge >= 0.3 is 0 Å². The van der Waals surface area contributed by atoms with Gasteiger partial charge in [-0.3, -0.25) is 0 Å². The van der Waals surface area contributed by atoms with Crippen molar-refractivity contribution in [3.63, 3.8) is 0 Å². The summed E-state index contributed by atoms with van der Waals surface area (Å²) < 4.78 is 25.1. The number of nitrogens with zero attached hydrogens (tertiary/aromatic N) is 1. The van der Waals surface area contributed by atoms with Crippen LogP contribution >= 0.6 is 0 Å². The van der Waals surface area contributed by atoms with Crippen LogP contribution in [0.3, 0.4) is 0 Å². The molecular weight excluding hydrogens is 288 g/mol. The molecule has 0 spiro atoms. The van der Waals surface area contributed by atoms with Gasteiger partial charge in [0.15, 0.2) is 0 Å². The average Bonchev–Trinajstić information content (AvgIpc) is 2.46. The first-order chi connectivity index (χ1) is 9.83. The third-order valence-corrected chi connectivity index (χ3v) is 5.87. The Kier molecular flexibility index (Phi) is 4.91. The van der Waals surface area contributed by atoms with E-state index >= 15 is 0 Å². The molecule has 2 N–H and O–H groups in total. The van der Waals surface area contributed by atoms with Crippen molar-refractivity contribution in [2.75, 3.05) is 26.0 Å². The third kappa shape index (κ3) is 3.96. The van der Waals surface area contributed by atoms with Gasteiger partial charge in [0.05, 0.1) is 10.5 Å². The van der Waals surface area contributed by atoms with Crippen LogP contribution in [0.4, 0.5) is 5.69 Å². The summed E-state index contributed by atoms with van der Waals surface area (Å²) in [5, 5.41) is 13.6. The number of benzene rings is 1. The van der Waals surface area contributed by atoms with Crippen molar-refractivity contribution in [1.82, 2.24) is 4.31 Å². The Morgan fingerprint density at radius 1 is 1.14 bits per heavy atom. The van der Waals surface area contributed by atoms with Gasteiger partial charge in [0.1, 0.15) is 0 Å². The topological polar surface area (TPSA) is 69.6 Å². The average molecular weight is 312 g/mol. The molecule has 0 aliphatic heterocycles. The molecule has 1 aliphatic carbocycles. The minimum absolute atomic E-state index is 0.273. The molecule has 0 heterocycles. The van der Waals surface area contributed by atoms with Gasteiger partial charge in [-0.15, -0.1) is 0 Å². The summed E-state index contributed by atoms with van der Waals surface area (Å²) in [6, 6.07) is 6.65. The quantitative estimate of drug-likeness (QED) is 0.873. The molecule has 0 amide bonds. The predicted octanol–water partition coefficient (Wildman–Crippen LogP) is 2.04. The summed E-state index contributed by atoms with van der Waals surface area (Å²) in [6.07, 6.45) is 4.98. The summed E-state index contributed by atoms with van der Waals surface area (Å²) in [7, 11) is -0.357. The van der Waals surface area contributed by atoms with E-state index in [1.165, 1.54) is 24.8 Å². The third-order valence-electron chi connectivity index (χ3n) is 4.04. The van der Waals surface area contributed by atoms with Crippen molar-refractivity contribution in [3.05, 3.63) is 24.3 Å². The Morgan fingerprint density at radius 2 is 1.71 bits per heavy atom. The van der Waals surface area contributed by atoms with Gasteiger partial charge in [-0.05, 0) is 37.1 Å². The van der Waals surface area contributed by atoms with E-state index in [1.807, 2.05) is 0 Å². The molecule has 5 nitrogen and oxygen atoms in total. The predicted molar refractivity (Wildman–Crippen MR) is 83.8 cm³/mol. The highest BCUT2D eigenvalue weighted by atomic mass is 32.2. The smallest absolute Gasteiger partial charge is 0.242 e. The largest absolute Gasteiger partial charge is 0.388 e. The van der Waals surface area contributed by atoms with E-state index in [0.29, 0.717) is 6.54 Å². The minimum atomic E-state index is -3.38. The van der Waals surface area contributed by atoms with Crippen molar-refractivity contribution >= 4 is 15.7 Å². The van der Waals surface area contributed by atoms with Gasteiger partial charge in [0.2, 0.25) is 10.0 Å². The number of nitrogens with one attached hydrogen (secondary N) is 1. The van der Waals surface area contributed by atoms with Crippen LogP contribution in [0, 0.1) is 0 Å². The van der Waals surface area contributed by atoms with Crippen molar-refractivity contribution < 1.29 is 13.5 Å². The van der Waals surface area contributed by atoms with E-state index < -0.39 is 15.6 Å². The lowest BCUT2D eigenvalue weighted by Gasteiger charge is -2.32. The highest BCUT2D eigenvalue weighted by Gasteiger charge is 2.28. The Hall–Kier alpha value is -1.11. The van der Waals surface area contributed by atoms with E-state index in [9.17, 15) is 13.5 Å². The van der Waals surface area contributed by atoms with Crippen LogP contribution in [-0.4, -0.2) is 44.1 Å². The standard InChI is InChI=1S/C15H24N2O3S/c1-17(2)21(19,20)14-8-6-13(7-9-14)16-12-15(18)10-4-3-5-11-15/h6-9,16,18H,3-5,10-12H2,1-2H3. The SMILES string of the molecule is CN(C)S(=O)(=O)c1ccc(NCC2(O)CCCCC2)cc1. The second-order valence-corrected chi connectivity index (χ2v) is 8.10. The molecular formula is C15H24N2O3S. The van der Waals surface area contributed by atoms with Gasteiger partial charge in [0.25, 0.3) is 0 Å². The second-order valence-electron chi connectivity index (χ2n) is 5.95. The van der Waals surface area contributed by atoms with Gasteiger partial charge in [-0.25, -0.2) is 12.7 Å². The molecule has 2 rings (SSSR count). The van der Waals surface area contributed by atoms with Crippen LogP contribution < -0.4 is 5.32 Å². The van der Waals surface area contributed by atoms with Crippen LogP contribution in [0.15, 0.2) is 29.2 Å². The Bertz CT molecular complexity index is 561. The molecule has 1 fully saturated rings. The van der Waals surface area contributed by atoms with Gasteiger partial charge < -0.3 is 10.4 Å². The minimum Gasteiger partial charge on any atom is -0.388 e. The maximum atomic E-state index is 12.0. The highest BCUT2D eigenvalue weighted by Crippen LogP contribution is 2.28. The summed E-state index contributed by atoms with van der Waals surface area (Å²) in [5.74, 6) is 0. The molecule has 0 atom stereocenters. The fourth-order valence-corrected chi connectivity index (χ4v) is 3.51. The molecule has 0 saturated heterocycles. The van der Waals surface area contributed by atoms with Gasteiger partial charge in [0, 0.05) is 26.3 Å². The monoisotopic (exact) mass is 312 g/mol. The summed E-state index contributed by atoms with van der Waals surface area (Å²) >= 11 is 0. The second kappa shape index (κ2) is 6.34. The van der Waals surface area contributed by atoms with Crippen LogP contribution in [0.1, 0.15) is 32.1 Å². The lowest BCUT2D eigenvalue weighted by molar-refractivity contribution is 0.0167. The molecule has 0 bridgehead atoms. The number of hydrogen-bond acceptors (Lipinski definition) is 4. The van der Waals surface area contributed by atoms with Crippen LogP contribution in [0.2, 0.25) is 0 Å². The van der Waals surface area contributed by atoms with Gasteiger partial charge in [-0.2, -0.15) is 0 Å². The first kappa shape index (κ1) is 16.3. The zero-order valence-electron chi connectivity index (χ0n) is 12.7. The maximum Gasteiger partial charge on any atom is 0.242 e. The fourth-order valence-electron chi connectivity index (χ4n) is 2.61. The highest BCUT2D eigenvalue weighted by molar-refractivity contribution is 7.89. The Balaban J connectivity index is 2.00. The fraction of sp³-hybridized carbons (Fsp3) is 0.600. The molecule has 0 aromatic heterocycles. The number of sulfonamides is 1. The van der Waals surface area contributed by atoms with Crippen molar-refractivity contribution in [2.45, 2.75) is 42.6 Å². The molecule has 118 valence electrons. The molecule has 1 aliphatic rings. The molecule has 0 radical (unpaired) electrons. The number of anilines is 1. The lowest BCUT2D eigenvalue weighted by atomic mass is 9.85. The van der Waals surface area contributed by atoms with Gasteiger partial charge in [-0.1, -0.05) is 19.3 Å². The van der Waals surface area contributed by atoms with Crippen LogP contribution in [0.25, 0.3) is 0 Å². The molecule has 6 heteroatoms. The van der Waals surface area contributed by atoms with E-state index in [0.717, 1.165) is 31.4 Å². The zero-order chi connectivity index (χ0) is 15.5. The number of hydrogen-bond donors (Lipinski definition) is 2. The molecule has 1 aromatic carbocycles. The van der Waals surface area contributed by atoms with Crippen LogP contribution in [0.5, 0.6) is 0 Å². The normalized spacial score (nSPS) is 18.7. The number of aliphatic hydroxyl groups is 1. The molecule has 1 saturated carbocycles. The van der Waals surface area contributed by atoms with E-state index in [1.54, 1.807) is 24.3 Å². The first-order valence-electron chi connectivity index (χ1n) is 7.32. The Labute approximate surface area is 127 Å². The van der Waals surface area contributed by atoms with E-state index in [-0.39, 0.29) is 4.90 Å². The molecule has 21 heavy (non-hydrogen) atoms. The van der Waals surface area contributed by atoms with Crippen molar-refractivity contribution in [3.8, 4) is 0 Å². The van der Waals surface area contributed by atoms with Crippen molar-refractivity contribution in [2.24, 2.45) is 0 Å². The van der Waals surface area contributed by atoms with E-state index in [2.05, 4.69) is 5.32 Å². The Morgan fingerprint density at radius 3 is 2.24 bits per heavy atom. The summed E-state index contributed by atoms with van der Waals surface area (Å²) in [4.78, 5) is 0.273. The maximum absolute atomic E-state index is 12.0. The van der Waals surface area contributed by atoms with E-state index in [4.69, 9.17) is 0 Å². The first-order valence-corrected chi connectivity index (χ1v) is 8.76. The molecule has 0 unspecified atom stereocenters. The summed E-state index contributed by atoms with van der Waals surface area (Å²) in [5.41, 5.74) is 0.193. The molecule has 1 aromatic rings.